The highest BCUT2D eigenvalue weighted by Crippen LogP contribution is 2.40. The maximum Gasteiger partial charge on any atom is 0.328 e. The summed E-state index contributed by atoms with van der Waals surface area (Å²) >= 11 is 0. The molecule has 0 saturated carbocycles. The minimum atomic E-state index is -0.452. The number of carbonyl (C=O) groups is 2. The van der Waals surface area contributed by atoms with Crippen LogP contribution in [0.1, 0.15) is 12.8 Å². The molecule has 1 aliphatic heterocycles. The van der Waals surface area contributed by atoms with Crippen molar-refractivity contribution in [3.63, 3.8) is 0 Å². The molecule has 0 spiro atoms. The van der Waals surface area contributed by atoms with Crippen molar-refractivity contribution in [2.45, 2.75) is 12.8 Å². The Labute approximate surface area is 122 Å². The second-order valence-electron chi connectivity index (χ2n) is 4.49. The minimum Gasteiger partial charge on any atom is -0.493 e. The molecular formula is C14H18N2O5. The summed E-state index contributed by atoms with van der Waals surface area (Å²) in [7, 11) is 4.49. The smallest absolute Gasteiger partial charge is 0.328 e. The first-order valence-electron chi connectivity index (χ1n) is 6.52. The summed E-state index contributed by atoms with van der Waals surface area (Å²) in [4.78, 5) is 24.8. The molecule has 0 bridgehead atoms. The molecule has 1 aromatic carbocycles. The zero-order valence-corrected chi connectivity index (χ0v) is 12.3. The van der Waals surface area contributed by atoms with Gasteiger partial charge in [0.1, 0.15) is 0 Å². The van der Waals surface area contributed by atoms with E-state index in [-0.39, 0.29) is 5.91 Å². The van der Waals surface area contributed by atoms with E-state index in [9.17, 15) is 9.59 Å². The second-order valence-corrected chi connectivity index (χ2v) is 4.49. The Hall–Kier alpha value is -2.44. The average Bonchev–Trinajstić information content (AvgIpc) is 2.92. The molecule has 1 aromatic rings. The number of carbonyl (C=O) groups excluding carboxylic acids is 2. The molecule has 1 heterocycles. The first kappa shape index (κ1) is 15.0. The quantitative estimate of drug-likeness (QED) is 0.917. The SMILES string of the molecule is COc1cc(NC(=O)N2CCCC2=O)cc(OC)c1OC. The molecule has 1 N–H and O–H groups in total. The number of methoxy groups -OCH3 is 3. The second kappa shape index (κ2) is 6.34. The number of imide groups is 1. The van der Waals surface area contributed by atoms with Gasteiger partial charge in [0, 0.05) is 25.1 Å². The van der Waals surface area contributed by atoms with Gasteiger partial charge >= 0.3 is 6.03 Å². The number of nitrogens with one attached hydrogen (secondary N) is 1. The van der Waals surface area contributed by atoms with E-state index in [4.69, 9.17) is 14.2 Å². The maximum absolute atomic E-state index is 12.1. The molecule has 0 radical (unpaired) electrons. The molecule has 0 aromatic heterocycles. The molecule has 114 valence electrons. The third kappa shape index (κ3) is 3.01. The molecule has 0 atom stereocenters. The molecule has 1 fully saturated rings. The molecule has 1 saturated heterocycles. The number of urea groups is 1. The van der Waals surface area contributed by atoms with Crippen LogP contribution in [0.2, 0.25) is 0 Å². The van der Waals surface area contributed by atoms with E-state index >= 15 is 0 Å². The first-order valence-corrected chi connectivity index (χ1v) is 6.52. The van der Waals surface area contributed by atoms with Gasteiger partial charge in [-0.25, -0.2) is 4.79 Å². The number of amides is 3. The lowest BCUT2D eigenvalue weighted by molar-refractivity contribution is -0.125. The van der Waals surface area contributed by atoms with Crippen LogP contribution in [0.15, 0.2) is 12.1 Å². The van der Waals surface area contributed by atoms with Crippen LogP contribution in [0.5, 0.6) is 17.2 Å². The van der Waals surface area contributed by atoms with Gasteiger partial charge in [-0.15, -0.1) is 0 Å². The van der Waals surface area contributed by atoms with E-state index in [0.29, 0.717) is 42.3 Å². The zero-order chi connectivity index (χ0) is 15.4. The van der Waals surface area contributed by atoms with Crippen LogP contribution in [0.4, 0.5) is 10.5 Å². The van der Waals surface area contributed by atoms with Gasteiger partial charge in [0.15, 0.2) is 11.5 Å². The summed E-state index contributed by atoms with van der Waals surface area (Å²) < 4.78 is 15.6. The van der Waals surface area contributed by atoms with E-state index in [0.717, 1.165) is 0 Å². The van der Waals surface area contributed by atoms with Crippen molar-refractivity contribution < 1.29 is 23.8 Å². The Balaban J connectivity index is 2.23. The Bertz CT molecular complexity index is 533. The molecule has 2 rings (SSSR count). The molecule has 3 amide bonds. The topological polar surface area (TPSA) is 77.1 Å². The van der Waals surface area contributed by atoms with Crippen LogP contribution in [-0.4, -0.2) is 44.7 Å². The van der Waals surface area contributed by atoms with Crippen molar-refractivity contribution >= 4 is 17.6 Å². The standard InChI is InChI=1S/C14H18N2O5/c1-19-10-7-9(8-11(20-2)13(10)21-3)15-14(18)16-6-4-5-12(16)17/h7-8H,4-6H2,1-3H3,(H,15,18). The zero-order valence-electron chi connectivity index (χ0n) is 12.3. The summed E-state index contributed by atoms with van der Waals surface area (Å²) in [5.74, 6) is 1.13. The maximum atomic E-state index is 12.1. The van der Waals surface area contributed by atoms with Crippen LogP contribution < -0.4 is 19.5 Å². The van der Waals surface area contributed by atoms with E-state index in [1.54, 1.807) is 12.1 Å². The fraction of sp³-hybridized carbons (Fsp3) is 0.429. The normalized spacial score (nSPS) is 14.0. The lowest BCUT2D eigenvalue weighted by Crippen LogP contribution is -2.35. The van der Waals surface area contributed by atoms with Crippen molar-refractivity contribution in [3.05, 3.63) is 12.1 Å². The largest absolute Gasteiger partial charge is 0.493 e. The van der Waals surface area contributed by atoms with Crippen LogP contribution >= 0.6 is 0 Å². The minimum absolute atomic E-state index is 0.167. The summed E-state index contributed by atoms with van der Waals surface area (Å²) in [6.07, 6.45) is 1.10. The Morgan fingerprint density at radius 2 is 1.76 bits per heavy atom. The van der Waals surface area contributed by atoms with Crippen LogP contribution in [0.3, 0.4) is 0 Å². The predicted octanol–water partition coefficient (Wildman–Crippen LogP) is 1.87. The van der Waals surface area contributed by atoms with Gasteiger partial charge in [0.05, 0.1) is 27.0 Å². The summed E-state index contributed by atoms with van der Waals surface area (Å²) in [5, 5.41) is 2.67. The first-order chi connectivity index (χ1) is 10.1. The number of anilines is 1. The fourth-order valence-electron chi connectivity index (χ4n) is 2.21. The van der Waals surface area contributed by atoms with Gasteiger partial charge in [-0.2, -0.15) is 0 Å². The third-order valence-electron chi connectivity index (χ3n) is 3.23. The van der Waals surface area contributed by atoms with Gasteiger partial charge in [-0.05, 0) is 6.42 Å². The Morgan fingerprint density at radius 3 is 2.19 bits per heavy atom. The molecule has 21 heavy (non-hydrogen) atoms. The average molecular weight is 294 g/mol. The van der Waals surface area contributed by atoms with Crippen molar-refractivity contribution in [2.24, 2.45) is 0 Å². The summed E-state index contributed by atoms with van der Waals surface area (Å²) in [6.45, 7) is 0.440. The highest BCUT2D eigenvalue weighted by molar-refractivity contribution is 6.02. The van der Waals surface area contributed by atoms with Gasteiger partial charge in [-0.1, -0.05) is 0 Å². The number of hydrogen-bond acceptors (Lipinski definition) is 5. The number of ether oxygens (including phenoxy) is 3. The molecule has 7 heteroatoms. The number of benzene rings is 1. The third-order valence-corrected chi connectivity index (χ3v) is 3.23. The van der Waals surface area contributed by atoms with Crippen molar-refractivity contribution in [1.29, 1.82) is 0 Å². The van der Waals surface area contributed by atoms with E-state index < -0.39 is 6.03 Å². The highest BCUT2D eigenvalue weighted by Gasteiger charge is 2.26. The monoisotopic (exact) mass is 294 g/mol. The van der Waals surface area contributed by atoms with Gasteiger partial charge in [0.2, 0.25) is 11.7 Å². The number of likely N-dealkylation sites (tertiary alicyclic amines) is 1. The van der Waals surface area contributed by atoms with E-state index in [1.165, 1.54) is 26.2 Å². The number of rotatable bonds is 4. The van der Waals surface area contributed by atoms with Crippen LogP contribution in [0, 0.1) is 0 Å². The molecule has 0 unspecified atom stereocenters. The predicted molar refractivity (Wildman–Crippen MR) is 76.1 cm³/mol. The van der Waals surface area contributed by atoms with Gasteiger partial charge in [-0.3, -0.25) is 9.69 Å². The molecular weight excluding hydrogens is 276 g/mol. The van der Waals surface area contributed by atoms with Crippen LogP contribution in [-0.2, 0) is 4.79 Å². The van der Waals surface area contributed by atoms with E-state index in [1.807, 2.05) is 0 Å². The molecule has 1 aliphatic rings. The fourth-order valence-corrected chi connectivity index (χ4v) is 2.21. The summed E-state index contributed by atoms with van der Waals surface area (Å²) in [5.41, 5.74) is 0.467. The molecule has 7 nitrogen and oxygen atoms in total. The van der Waals surface area contributed by atoms with Crippen LogP contribution in [0.25, 0.3) is 0 Å². The summed E-state index contributed by atoms with van der Waals surface area (Å²) in [6, 6.07) is 2.77. The lowest BCUT2D eigenvalue weighted by atomic mass is 10.2. The van der Waals surface area contributed by atoms with Crippen molar-refractivity contribution in [3.8, 4) is 17.2 Å². The van der Waals surface area contributed by atoms with Gasteiger partial charge in [0.25, 0.3) is 0 Å². The number of hydrogen-bond donors (Lipinski definition) is 1. The van der Waals surface area contributed by atoms with E-state index in [2.05, 4.69) is 5.32 Å². The lowest BCUT2D eigenvalue weighted by Gasteiger charge is -2.17. The Morgan fingerprint density at radius 1 is 1.14 bits per heavy atom. The Kier molecular flexibility index (Phi) is 4.52. The number of nitrogens with zero attached hydrogens (tertiary/aromatic N) is 1. The molecule has 0 aliphatic carbocycles. The van der Waals surface area contributed by atoms with Gasteiger partial charge < -0.3 is 19.5 Å². The van der Waals surface area contributed by atoms with Crippen molar-refractivity contribution in [1.82, 2.24) is 4.90 Å². The van der Waals surface area contributed by atoms with Crippen molar-refractivity contribution in [2.75, 3.05) is 33.2 Å². The highest BCUT2D eigenvalue weighted by atomic mass is 16.5.